The third-order valence-electron chi connectivity index (χ3n) is 3.43. The van der Waals surface area contributed by atoms with Crippen molar-refractivity contribution in [1.82, 2.24) is 0 Å². The first-order valence-corrected chi connectivity index (χ1v) is 6.79. The molecule has 0 saturated heterocycles. The quantitative estimate of drug-likeness (QED) is 0.834. The van der Waals surface area contributed by atoms with Gasteiger partial charge in [-0.2, -0.15) is 0 Å². The van der Waals surface area contributed by atoms with Gasteiger partial charge in [-0.1, -0.05) is 17.7 Å². The van der Waals surface area contributed by atoms with Gasteiger partial charge in [0, 0.05) is 5.02 Å². The van der Waals surface area contributed by atoms with Gasteiger partial charge in [-0.15, -0.1) is 0 Å². The van der Waals surface area contributed by atoms with E-state index >= 15 is 0 Å². The van der Waals surface area contributed by atoms with Gasteiger partial charge in [0.05, 0.1) is 19.1 Å². The van der Waals surface area contributed by atoms with Gasteiger partial charge in [0.1, 0.15) is 11.9 Å². The number of halogens is 2. The van der Waals surface area contributed by atoms with Crippen molar-refractivity contribution in [3.63, 3.8) is 0 Å². The second-order valence-electron chi connectivity index (χ2n) is 4.77. The third-order valence-corrected chi connectivity index (χ3v) is 3.66. The maximum Gasteiger partial charge on any atom is 0.170 e. The number of Topliss-reactive ketones (excluding diaryl/α,β-unsaturated/α-hetero) is 1. The Morgan fingerprint density at radius 2 is 2.10 bits per heavy atom. The van der Waals surface area contributed by atoms with Crippen LogP contribution in [0.15, 0.2) is 36.4 Å². The lowest BCUT2D eigenvalue weighted by Gasteiger charge is -2.25. The molecule has 0 fully saturated rings. The van der Waals surface area contributed by atoms with Gasteiger partial charge in [0.25, 0.3) is 0 Å². The summed E-state index contributed by atoms with van der Waals surface area (Å²) in [6, 6.07) is 9.45. The molecule has 0 bridgehead atoms. The van der Waals surface area contributed by atoms with Crippen molar-refractivity contribution in [2.24, 2.45) is 0 Å². The molecule has 0 spiro atoms. The highest BCUT2D eigenvalue weighted by Gasteiger charge is 2.28. The predicted molar refractivity (Wildman–Crippen MR) is 76.7 cm³/mol. The predicted octanol–water partition coefficient (Wildman–Crippen LogP) is 4.19. The zero-order valence-electron chi connectivity index (χ0n) is 11.2. The molecule has 0 radical (unpaired) electrons. The lowest BCUT2D eigenvalue weighted by molar-refractivity contribution is 0.0849. The Labute approximate surface area is 126 Å². The number of carbonyl (C=O) groups is 1. The molecule has 0 N–H and O–H groups in total. The molecule has 1 aliphatic heterocycles. The average Bonchev–Trinajstić information content (AvgIpc) is 2.47. The van der Waals surface area contributed by atoms with Crippen LogP contribution in [0.3, 0.4) is 0 Å². The van der Waals surface area contributed by atoms with Gasteiger partial charge < -0.3 is 9.47 Å². The van der Waals surface area contributed by atoms with E-state index in [-0.39, 0.29) is 18.0 Å². The van der Waals surface area contributed by atoms with Crippen LogP contribution in [0.4, 0.5) is 4.39 Å². The highest BCUT2D eigenvalue weighted by molar-refractivity contribution is 6.31. The van der Waals surface area contributed by atoms with E-state index in [4.69, 9.17) is 21.1 Å². The molecule has 3 nitrogen and oxygen atoms in total. The molecule has 0 aliphatic carbocycles. The van der Waals surface area contributed by atoms with Gasteiger partial charge in [-0.3, -0.25) is 4.79 Å². The van der Waals surface area contributed by atoms with Crippen molar-refractivity contribution in [2.75, 3.05) is 7.11 Å². The van der Waals surface area contributed by atoms with Crippen molar-refractivity contribution in [1.29, 1.82) is 0 Å². The van der Waals surface area contributed by atoms with Crippen LogP contribution in [0.25, 0.3) is 0 Å². The van der Waals surface area contributed by atoms with E-state index in [9.17, 15) is 9.18 Å². The van der Waals surface area contributed by atoms with Gasteiger partial charge >= 0.3 is 0 Å². The monoisotopic (exact) mass is 306 g/mol. The minimum absolute atomic E-state index is 0.0695. The lowest BCUT2D eigenvalue weighted by Crippen LogP contribution is -2.20. The van der Waals surface area contributed by atoms with Crippen molar-refractivity contribution < 1.29 is 18.7 Å². The Bertz CT molecular complexity index is 715. The Morgan fingerprint density at radius 1 is 1.29 bits per heavy atom. The summed E-state index contributed by atoms with van der Waals surface area (Å²) in [5.41, 5.74) is 1.06. The van der Waals surface area contributed by atoms with Gasteiger partial charge in [0.2, 0.25) is 0 Å². The molecule has 1 aliphatic rings. The number of ether oxygens (including phenoxy) is 2. The first-order chi connectivity index (χ1) is 10.1. The van der Waals surface area contributed by atoms with Gasteiger partial charge in [-0.25, -0.2) is 4.39 Å². The fourth-order valence-electron chi connectivity index (χ4n) is 2.36. The number of hydrogen-bond donors (Lipinski definition) is 0. The maximum absolute atomic E-state index is 13.8. The largest absolute Gasteiger partial charge is 0.494 e. The molecule has 1 heterocycles. The molecule has 2 aromatic carbocycles. The molecule has 108 valence electrons. The van der Waals surface area contributed by atoms with Crippen molar-refractivity contribution >= 4 is 17.4 Å². The fourth-order valence-corrected chi connectivity index (χ4v) is 2.54. The summed E-state index contributed by atoms with van der Waals surface area (Å²) in [6.07, 6.45) is -0.356. The smallest absolute Gasteiger partial charge is 0.170 e. The summed E-state index contributed by atoms with van der Waals surface area (Å²) in [5, 5.41) is 0.486. The van der Waals surface area contributed by atoms with Gasteiger partial charge in [0.15, 0.2) is 17.3 Å². The second kappa shape index (κ2) is 5.37. The van der Waals surface area contributed by atoms with Crippen LogP contribution in [0.5, 0.6) is 11.5 Å². The Balaban J connectivity index is 1.94. The van der Waals surface area contributed by atoms with Crippen LogP contribution in [-0.4, -0.2) is 12.9 Å². The minimum atomic E-state index is -0.508. The summed E-state index contributed by atoms with van der Waals surface area (Å²) >= 11 is 5.88. The number of fused-ring (bicyclic) bond motifs is 1. The number of carbonyl (C=O) groups excluding carboxylic acids is 1. The number of benzene rings is 2. The normalized spacial score (nSPS) is 17.1. The molecule has 1 unspecified atom stereocenters. The summed E-state index contributed by atoms with van der Waals surface area (Å²) < 4.78 is 24.4. The van der Waals surface area contributed by atoms with Crippen molar-refractivity contribution in [3.05, 3.63) is 58.4 Å². The Morgan fingerprint density at radius 3 is 2.81 bits per heavy atom. The SMILES string of the molecule is COc1ccc(C2CC(=O)c3cc(Cl)ccc3O2)cc1F. The summed E-state index contributed by atoms with van der Waals surface area (Å²) in [7, 11) is 1.40. The van der Waals surface area contributed by atoms with E-state index in [0.29, 0.717) is 21.9 Å². The van der Waals surface area contributed by atoms with Crippen LogP contribution in [0.1, 0.15) is 28.4 Å². The molecule has 5 heteroatoms. The van der Waals surface area contributed by atoms with Crippen LogP contribution in [0.2, 0.25) is 5.02 Å². The lowest BCUT2D eigenvalue weighted by atomic mass is 9.96. The van der Waals surface area contributed by atoms with Crippen LogP contribution >= 0.6 is 11.6 Å². The minimum Gasteiger partial charge on any atom is -0.494 e. The standard InChI is InChI=1S/C16H12ClFO3/c1-20-15-4-2-9(6-12(15)18)16-8-13(19)11-7-10(17)3-5-14(11)21-16/h2-7,16H,8H2,1H3. The molecule has 21 heavy (non-hydrogen) atoms. The molecule has 0 amide bonds. The van der Waals surface area contributed by atoms with E-state index in [1.807, 2.05) is 0 Å². The van der Waals surface area contributed by atoms with E-state index < -0.39 is 11.9 Å². The summed E-state index contributed by atoms with van der Waals surface area (Å²) in [6.45, 7) is 0. The third kappa shape index (κ3) is 2.59. The summed E-state index contributed by atoms with van der Waals surface area (Å²) in [4.78, 5) is 12.2. The highest BCUT2D eigenvalue weighted by atomic mass is 35.5. The maximum atomic E-state index is 13.8. The Hall–Kier alpha value is -2.07. The number of rotatable bonds is 2. The van der Waals surface area contributed by atoms with Crippen LogP contribution in [0, 0.1) is 5.82 Å². The molecule has 1 atom stereocenters. The second-order valence-corrected chi connectivity index (χ2v) is 5.20. The van der Waals surface area contributed by atoms with Crippen molar-refractivity contribution in [2.45, 2.75) is 12.5 Å². The number of ketones is 1. The van der Waals surface area contributed by atoms with E-state index in [0.717, 1.165) is 0 Å². The van der Waals surface area contributed by atoms with Crippen LogP contribution in [-0.2, 0) is 0 Å². The number of hydrogen-bond acceptors (Lipinski definition) is 3. The molecule has 2 aromatic rings. The number of methoxy groups -OCH3 is 1. The first-order valence-electron chi connectivity index (χ1n) is 6.41. The zero-order chi connectivity index (χ0) is 15.0. The highest BCUT2D eigenvalue weighted by Crippen LogP contribution is 2.36. The molecular formula is C16H12ClFO3. The fraction of sp³-hybridized carbons (Fsp3) is 0.188. The van der Waals surface area contributed by atoms with E-state index in [2.05, 4.69) is 0 Å². The van der Waals surface area contributed by atoms with Gasteiger partial charge in [-0.05, 0) is 35.9 Å². The van der Waals surface area contributed by atoms with Crippen LogP contribution < -0.4 is 9.47 Å². The average molecular weight is 307 g/mol. The Kier molecular flexibility index (Phi) is 3.55. The van der Waals surface area contributed by atoms with Crippen molar-refractivity contribution in [3.8, 4) is 11.5 Å². The molecule has 3 rings (SSSR count). The van der Waals surface area contributed by atoms with E-state index in [1.54, 1.807) is 24.3 Å². The van der Waals surface area contributed by atoms with E-state index in [1.165, 1.54) is 19.2 Å². The molecular weight excluding hydrogens is 295 g/mol. The first kappa shape index (κ1) is 13.9. The topological polar surface area (TPSA) is 35.5 Å². The zero-order valence-corrected chi connectivity index (χ0v) is 12.0. The molecule has 0 saturated carbocycles. The summed E-state index contributed by atoms with van der Waals surface area (Å²) in [5.74, 6) is 0.0814. The molecule has 0 aromatic heterocycles.